The Hall–Kier alpha value is -2.11. The van der Waals surface area contributed by atoms with Gasteiger partial charge in [-0.05, 0) is 42.5 Å². The minimum Gasteiger partial charge on any atom is -0.324 e. The van der Waals surface area contributed by atoms with Crippen molar-refractivity contribution in [2.24, 2.45) is 5.92 Å². The molecule has 2 amide bonds. The van der Waals surface area contributed by atoms with Gasteiger partial charge in [0.1, 0.15) is 5.82 Å². The molecule has 0 bridgehead atoms. The number of benzene rings is 2. The minimum absolute atomic E-state index is 0.0847. The molecule has 1 fully saturated rings. The first-order chi connectivity index (χ1) is 11.4. The molecule has 1 atom stereocenters. The average Bonchev–Trinajstić information content (AvgIpc) is 2.94. The van der Waals surface area contributed by atoms with Gasteiger partial charge in [0.2, 0.25) is 11.8 Å². The van der Waals surface area contributed by atoms with Crippen molar-refractivity contribution in [2.75, 3.05) is 16.8 Å². The van der Waals surface area contributed by atoms with Gasteiger partial charge in [-0.25, -0.2) is 4.39 Å². The van der Waals surface area contributed by atoms with Crippen LogP contribution in [0.25, 0.3) is 0 Å². The van der Waals surface area contributed by atoms with Gasteiger partial charge in [-0.15, -0.1) is 0 Å². The molecular formula is C17H13Cl2FN2O2. The van der Waals surface area contributed by atoms with E-state index in [0.29, 0.717) is 21.4 Å². The summed E-state index contributed by atoms with van der Waals surface area (Å²) in [6.07, 6.45) is 0.0847. The highest BCUT2D eigenvalue weighted by Crippen LogP contribution is 2.29. The molecule has 0 radical (unpaired) electrons. The predicted octanol–water partition coefficient (Wildman–Crippen LogP) is 4.12. The summed E-state index contributed by atoms with van der Waals surface area (Å²) >= 11 is 11.9. The van der Waals surface area contributed by atoms with Crippen LogP contribution in [-0.2, 0) is 9.59 Å². The molecule has 24 heavy (non-hydrogen) atoms. The predicted molar refractivity (Wildman–Crippen MR) is 92.0 cm³/mol. The number of hydrogen-bond acceptors (Lipinski definition) is 2. The number of anilines is 2. The lowest BCUT2D eigenvalue weighted by molar-refractivity contribution is -0.122. The van der Waals surface area contributed by atoms with Crippen LogP contribution in [0.3, 0.4) is 0 Å². The van der Waals surface area contributed by atoms with Crippen molar-refractivity contribution < 1.29 is 14.0 Å². The topological polar surface area (TPSA) is 49.4 Å². The van der Waals surface area contributed by atoms with Crippen molar-refractivity contribution in [2.45, 2.75) is 6.42 Å². The Bertz CT molecular complexity index is 796. The molecule has 1 saturated heterocycles. The molecule has 3 rings (SSSR count). The summed E-state index contributed by atoms with van der Waals surface area (Å²) in [5.74, 6) is -1.39. The highest BCUT2D eigenvalue weighted by atomic mass is 35.5. The molecule has 1 aliphatic rings. The van der Waals surface area contributed by atoms with Crippen molar-refractivity contribution in [1.82, 2.24) is 0 Å². The Labute approximate surface area is 148 Å². The summed E-state index contributed by atoms with van der Waals surface area (Å²) in [6.45, 7) is 0.231. The van der Waals surface area contributed by atoms with E-state index in [0.717, 1.165) is 0 Å². The highest BCUT2D eigenvalue weighted by molar-refractivity contribution is 6.35. The van der Waals surface area contributed by atoms with Gasteiger partial charge in [0, 0.05) is 23.7 Å². The molecule has 0 saturated carbocycles. The fourth-order valence-electron chi connectivity index (χ4n) is 2.58. The van der Waals surface area contributed by atoms with Gasteiger partial charge in [-0.3, -0.25) is 9.59 Å². The van der Waals surface area contributed by atoms with Crippen LogP contribution >= 0.6 is 23.2 Å². The molecule has 0 unspecified atom stereocenters. The first-order valence-corrected chi connectivity index (χ1v) is 8.01. The SMILES string of the molecule is O=C(Nc1cc(Cl)ccc1Cl)[C@@H]1CC(=O)N(c2ccc(F)cc2)C1. The molecule has 4 nitrogen and oxygen atoms in total. The summed E-state index contributed by atoms with van der Waals surface area (Å²) < 4.78 is 13.0. The van der Waals surface area contributed by atoms with Crippen molar-refractivity contribution in [3.63, 3.8) is 0 Å². The van der Waals surface area contributed by atoms with Gasteiger partial charge in [-0.1, -0.05) is 23.2 Å². The molecule has 7 heteroatoms. The third-order valence-corrected chi connectivity index (χ3v) is 4.39. The second-order valence-corrected chi connectivity index (χ2v) is 6.34. The Morgan fingerprint density at radius 3 is 2.58 bits per heavy atom. The molecule has 1 aliphatic heterocycles. The molecule has 0 aromatic heterocycles. The van der Waals surface area contributed by atoms with E-state index in [1.54, 1.807) is 18.2 Å². The molecule has 1 heterocycles. The van der Waals surface area contributed by atoms with E-state index in [1.165, 1.54) is 29.2 Å². The summed E-state index contributed by atoms with van der Waals surface area (Å²) in [6, 6.07) is 10.3. The third kappa shape index (κ3) is 3.52. The Morgan fingerprint density at radius 2 is 1.88 bits per heavy atom. The van der Waals surface area contributed by atoms with Crippen LogP contribution in [0.15, 0.2) is 42.5 Å². The Kier molecular flexibility index (Phi) is 4.73. The van der Waals surface area contributed by atoms with Crippen LogP contribution in [0.5, 0.6) is 0 Å². The van der Waals surface area contributed by atoms with Crippen molar-refractivity contribution >= 4 is 46.4 Å². The third-order valence-electron chi connectivity index (χ3n) is 3.82. The fraction of sp³-hybridized carbons (Fsp3) is 0.176. The smallest absolute Gasteiger partial charge is 0.229 e. The molecule has 124 valence electrons. The van der Waals surface area contributed by atoms with E-state index >= 15 is 0 Å². The zero-order chi connectivity index (χ0) is 17.3. The molecular weight excluding hydrogens is 354 g/mol. The molecule has 0 spiro atoms. The summed E-state index contributed by atoms with van der Waals surface area (Å²) in [7, 11) is 0. The maximum absolute atomic E-state index is 13.0. The van der Waals surface area contributed by atoms with Crippen molar-refractivity contribution in [3.8, 4) is 0 Å². The van der Waals surface area contributed by atoms with E-state index in [9.17, 15) is 14.0 Å². The van der Waals surface area contributed by atoms with E-state index < -0.39 is 5.92 Å². The lowest BCUT2D eigenvalue weighted by atomic mass is 10.1. The van der Waals surface area contributed by atoms with E-state index in [2.05, 4.69) is 5.32 Å². The maximum Gasteiger partial charge on any atom is 0.229 e. The van der Waals surface area contributed by atoms with Gasteiger partial charge >= 0.3 is 0 Å². The number of nitrogens with zero attached hydrogens (tertiary/aromatic N) is 1. The van der Waals surface area contributed by atoms with E-state index in [1.807, 2.05) is 0 Å². The zero-order valence-electron chi connectivity index (χ0n) is 12.4. The van der Waals surface area contributed by atoms with Gasteiger partial charge in [0.05, 0.1) is 16.6 Å². The number of halogens is 3. The van der Waals surface area contributed by atoms with Crippen molar-refractivity contribution in [3.05, 3.63) is 58.3 Å². The second-order valence-electron chi connectivity index (χ2n) is 5.50. The zero-order valence-corrected chi connectivity index (χ0v) is 13.9. The quantitative estimate of drug-likeness (QED) is 0.887. The fourth-order valence-corrected chi connectivity index (χ4v) is 2.92. The molecule has 0 aliphatic carbocycles. The summed E-state index contributed by atoms with van der Waals surface area (Å²) in [4.78, 5) is 26.0. The first kappa shape index (κ1) is 16.7. The van der Waals surface area contributed by atoms with Gasteiger partial charge in [0.25, 0.3) is 0 Å². The van der Waals surface area contributed by atoms with Gasteiger partial charge in [0.15, 0.2) is 0 Å². The normalized spacial score (nSPS) is 17.2. The number of carbonyl (C=O) groups excluding carboxylic acids is 2. The number of amides is 2. The first-order valence-electron chi connectivity index (χ1n) is 7.26. The standard InChI is InChI=1S/C17H13Cl2FN2O2/c18-11-1-6-14(19)15(8-11)21-17(24)10-7-16(23)22(9-10)13-4-2-12(20)3-5-13/h1-6,8,10H,7,9H2,(H,21,24)/t10-/m1/s1. The van der Waals surface area contributed by atoms with Crippen LogP contribution < -0.4 is 10.2 Å². The lowest BCUT2D eigenvalue weighted by Gasteiger charge is -2.17. The summed E-state index contributed by atoms with van der Waals surface area (Å²) in [5, 5.41) is 3.52. The highest BCUT2D eigenvalue weighted by Gasteiger charge is 2.35. The van der Waals surface area contributed by atoms with Crippen LogP contribution in [0.2, 0.25) is 10.0 Å². The van der Waals surface area contributed by atoms with Crippen LogP contribution in [0.4, 0.5) is 15.8 Å². The number of nitrogens with one attached hydrogen (secondary N) is 1. The van der Waals surface area contributed by atoms with E-state index in [-0.39, 0.29) is 30.6 Å². The average molecular weight is 367 g/mol. The largest absolute Gasteiger partial charge is 0.324 e. The second kappa shape index (κ2) is 6.79. The number of carbonyl (C=O) groups is 2. The molecule has 2 aromatic rings. The van der Waals surface area contributed by atoms with Crippen LogP contribution in [-0.4, -0.2) is 18.4 Å². The van der Waals surface area contributed by atoms with Gasteiger partial charge < -0.3 is 10.2 Å². The van der Waals surface area contributed by atoms with Crippen LogP contribution in [0.1, 0.15) is 6.42 Å². The Morgan fingerprint density at radius 1 is 1.17 bits per heavy atom. The van der Waals surface area contributed by atoms with E-state index in [4.69, 9.17) is 23.2 Å². The number of rotatable bonds is 3. The monoisotopic (exact) mass is 366 g/mol. The van der Waals surface area contributed by atoms with Gasteiger partial charge in [-0.2, -0.15) is 0 Å². The van der Waals surface area contributed by atoms with Crippen molar-refractivity contribution in [1.29, 1.82) is 0 Å². The van der Waals surface area contributed by atoms with Crippen LogP contribution in [0, 0.1) is 11.7 Å². The Balaban J connectivity index is 1.72. The maximum atomic E-state index is 13.0. The lowest BCUT2D eigenvalue weighted by Crippen LogP contribution is -2.28. The summed E-state index contributed by atoms with van der Waals surface area (Å²) in [5.41, 5.74) is 0.972. The number of hydrogen-bond donors (Lipinski definition) is 1. The molecule has 2 aromatic carbocycles. The molecule has 1 N–H and O–H groups in total. The minimum atomic E-state index is -0.516.